The fourth-order valence-corrected chi connectivity index (χ4v) is 8.68. The molecule has 11 aromatic rings. The second-order valence-electron chi connectivity index (χ2n) is 13.6. The molecule has 0 unspecified atom stereocenters. The van der Waals surface area contributed by atoms with Gasteiger partial charge < -0.3 is 4.42 Å². The lowest BCUT2D eigenvalue weighted by atomic mass is 9.97. The number of rotatable bonds is 6. The van der Waals surface area contributed by atoms with E-state index >= 15 is 0 Å². The van der Waals surface area contributed by atoms with Crippen LogP contribution in [0.15, 0.2) is 180 Å². The molecule has 0 radical (unpaired) electrons. The maximum atomic E-state index is 6.73. The Morgan fingerprint density at radius 2 is 0.946 bits per heavy atom. The first kappa shape index (κ1) is 32.1. The van der Waals surface area contributed by atoms with Crippen LogP contribution in [0.2, 0.25) is 0 Å². The number of nitrogens with zero attached hydrogens (tertiary/aromatic N) is 5. The van der Waals surface area contributed by atoms with Gasteiger partial charge in [-0.25, -0.2) is 24.9 Å². The Morgan fingerprint density at radius 3 is 1.70 bits per heavy atom. The zero-order valence-electron chi connectivity index (χ0n) is 29.8. The summed E-state index contributed by atoms with van der Waals surface area (Å²) in [7, 11) is 0. The van der Waals surface area contributed by atoms with Crippen molar-refractivity contribution in [3.05, 3.63) is 176 Å². The van der Waals surface area contributed by atoms with Crippen molar-refractivity contribution in [2.24, 2.45) is 0 Å². The fraction of sp³-hybridized carbons (Fsp3) is 0. The molecule has 0 aliphatic heterocycles. The van der Waals surface area contributed by atoms with Crippen LogP contribution in [0.25, 0.3) is 110 Å². The van der Waals surface area contributed by atoms with E-state index in [1.807, 2.05) is 91.0 Å². The van der Waals surface area contributed by atoms with Gasteiger partial charge in [0.15, 0.2) is 23.3 Å². The molecule has 11 rings (SSSR count). The molecule has 4 heterocycles. The van der Waals surface area contributed by atoms with E-state index in [2.05, 4.69) is 84.9 Å². The summed E-state index contributed by atoms with van der Waals surface area (Å²) in [5, 5.41) is 3.14. The number of furan rings is 1. The molecule has 7 aromatic carbocycles. The first-order valence-corrected chi connectivity index (χ1v) is 19.2. The third kappa shape index (κ3) is 5.44. The lowest BCUT2D eigenvalue weighted by Crippen LogP contribution is -2.00. The van der Waals surface area contributed by atoms with Gasteiger partial charge in [-0.1, -0.05) is 152 Å². The molecule has 262 valence electrons. The van der Waals surface area contributed by atoms with Crippen LogP contribution >= 0.6 is 11.3 Å². The van der Waals surface area contributed by atoms with Gasteiger partial charge in [-0.2, -0.15) is 0 Å². The molecule has 56 heavy (non-hydrogen) atoms. The van der Waals surface area contributed by atoms with Crippen LogP contribution in [0.4, 0.5) is 0 Å². The van der Waals surface area contributed by atoms with Gasteiger partial charge in [-0.15, -0.1) is 11.3 Å². The Hall–Kier alpha value is -7.35. The van der Waals surface area contributed by atoms with Crippen molar-refractivity contribution in [3.8, 4) is 67.9 Å². The molecule has 0 saturated heterocycles. The van der Waals surface area contributed by atoms with Crippen LogP contribution in [-0.2, 0) is 0 Å². The Bertz CT molecular complexity index is 3190. The minimum atomic E-state index is 0.550. The van der Waals surface area contributed by atoms with Gasteiger partial charge in [0.2, 0.25) is 0 Å². The van der Waals surface area contributed by atoms with Crippen molar-refractivity contribution in [1.29, 1.82) is 0 Å². The number of fused-ring (bicyclic) bond motifs is 6. The van der Waals surface area contributed by atoms with E-state index in [0.717, 1.165) is 82.2 Å². The summed E-state index contributed by atoms with van der Waals surface area (Å²) in [6.07, 6.45) is 0. The van der Waals surface area contributed by atoms with E-state index in [9.17, 15) is 0 Å². The SMILES string of the molecule is c1ccc(-c2nc(-c3ccccc3)nc(-c3cccc4c3oc3cccc(-c5cccc(-c6nc(-c7ccccc7)c7sc8ccccc8c7n6)c5)c34)n2)cc1. The highest BCUT2D eigenvalue weighted by Gasteiger charge is 2.21. The van der Waals surface area contributed by atoms with Gasteiger partial charge >= 0.3 is 0 Å². The van der Waals surface area contributed by atoms with E-state index < -0.39 is 0 Å². The summed E-state index contributed by atoms with van der Waals surface area (Å²) in [6, 6.07) is 59.8. The number of hydrogen-bond donors (Lipinski definition) is 0. The van der Waals surface area contributed by atoms with Gasteiger partial charge in [-0.3, -0.25) is 0 Å². The van der Waals surface area contributed by atoms with Gasteiger partial charge in [0.05, 0.1) is 21.5 Å². The van der Waals surface area contributed by atoms with E-state index in [1.165, 1.54) is 4.70 Å². The molecule has 0 fully saturated rings. The number of hydrogen-bond acceptors (Lipinski definition) is 7. The highest BCUT2D eigenvalue weighted by molar-refractivity contribution is 7.26. The summed E-state index contributed by atoms with van der Waals surface area (Å²) in [6.45, 7) is 0. The molecular weight excluding hydrogens is 707 g/mol. The van der Waals surface area contributed by atoms with Gasteiger partial charge in [0.25, 0.3) is 0 Å². The van der Waals surface area contributed by atoms with Crippen molar-refractivity contribution in [2.45, 2.75) is 0 Å². The smallest absolute Gasteiger partial charge is 0.167 e. The Kier molecular flexibility index (Phi) is 7.57. The molecular formula is C49H29N5OS. The summed E-state index contributed by atoms with van der Waals surface area (Å²) in [5.74, 6) is 2.44. The van der Waals surface area contributed by atoms with Gasteiger partial charge in [-0.05, 0) is 35.4 Å². The van der Waals surface area contributed by atoms with Crippen LogP contribution in [-0.4, -0.2) is 24.9 Å². The van der Waals surface area contributed by atoms with Gasteiger partial charge in [0.1, 0.15) is 11.2 Å². The van der Waals surface area contributed by atoms with Gasteiger partial charge in [0, 0.05) is 43.1 Å². The van der Waals surface area contributed by atoms with Crippen molar-refractivity contribution in [3.63, 3.8) is 0 Å². The first-order chi connectivity index (χ1) is 27.7. The highest BCUT2D eigenvalue weighted by Crippen LogP contribution is 2.42. The maximum absolute atomic E-state index is 6.73. The standard InChI is InChI=1S/C49H29N5OS/c1-4-15-30(16-5-1)42-45-43(36-23-10-11-28-40(36)56-45)51-48(50-42)34-22-12-21-33(29-34)35-24-14-27-39-41(35)37-25-13-26-38(44(37)55-39)49-53-46(31-17-6-2-7-18-31)52-47(54-49)32-19-8-3-9-20-32/h1-29H. The van der Waals surface area contributed by atoms with Crippen LogP contribution in [0, 0.1) is 0 Å². The average molecular weight is 736 g/mol. The quantitative estimate of drug-likeness (QED) is 0.169. The predicted molar refractivity (Wildman–Crippen MR) is 228 cm³/mol. The fourth-order valence-electron chi connectivity index (χ4n) is 7.53. The molecule has 0 aliphatic carbocycles. The van der Waals surface area contributed by atoms with E-state index in [0.29, 0.717) is 23.3 Å². The van der Waals surface area contributed by atoms with Crippen LogP contribution in [0.1, 0.15) is 0 Å². The molecule has 6 nitrogen and oxygen atoms in total. The number of aromatic nitrogens is 5. The van der Waals surface area contributed by atoms with Crippen molar-refractivity contribution in [2.75, 3.05) is 0 Å². The Labute approximate surface area is 325 Å². The van der Waals surface area contributed by atoms with E-state index in [-0.39, 0.29) is 0 Å². The molecule has 7 heteroatoms. The third-order valence-corrected chi connectivity index (χ3v) is 11.3. The maximum Gasteiger partial charge on any atom is 0.167 e. The second-order valence-corrected chi connectivity index (χ2v) is 14.7. The van der Waals surface area contributed by atoms with Crippen molar-refractivity contribution >= 4 is 53.6 Å². The summed E-state index contributed by atoms with van der Waals surface area (Å²) >= 11 is 1.74. The third-order valence-electron chi connectivity index (χ3n) is 10.2. The van der Waals surface area contributed by atoms with Crippen molar-refractivity contribution < 1.29 is 4.42 Å². The molecule has 0 aliphatic rings. The largest absolute Gasteiger partial charge is 0.455 e. The number of benzene rings is 7. The zero-order chi connectivity index (χ0) is 37.0. The molecule has 4 aromatic heterocycles. The monoisotopic (exact) mass is 735 g/mol. The normalized spacial score (nSPS) is 11.6. The topological polar surface area (TPSA) is 77.6 Å². The molecule has 0 bridgehead atoms. The summed E-state index contributed by atoms with van der Waals surface area (Å²) in [4.78, 5) is 25.4. The van der Waals surface area contributed by atoms with Crippen molar-refractivity contribution in [1.82, 2.24) is 24.9 Å². The second kappa shape index (κ2) is 13.2. The number of para-hydroxylation sites is 1. The Balaban J connectivity index is 1.07. The molecule has 0 spiro atoms. The highest BCUT2D eigenvalue weighted by atomic mass is 32.1. The van der Waals surface area contributed by atoms with E-state index in [4.69, 9.17) is 29.3 Å². The molecule has 0 N–H and O–H groups in total. The molecule has 0 atom stereocenters. The lowest BCUT2D eigenvalue weighted by molar-refractivity contribution is 0.669. The van der Waals surface area contributed by atoms with Crippen LogP contribution in [0.5, 0.6) is 0 Å². The van der Waals surface area contributed by atoms with Crippen LogP contribution < -0.4 is 0 Å². The van der Waals surface area contributed by atoms with E-state index in [1.54, 1.807) is 11.3 Å². The minimum Gasteiger partial charge on any atom is -0.455 e. The Morgan fingerprint density at radius 1 is 0.393 bits per heavy atom. The first-order valence-electron chi connectivity index (χ1n) is 18.4. The zero-order valence-corrected chi connectivity index (χ0v) is 30.6. The van der Waals surface area contributed by atoms with Crippen LogP contribution in [0.3, 0.4) is 0 Å². The number of thiophene rings is 1. The average Bonchev–Trinajstić information content (AvgIpc) is 3.86. The molecule has 0 saturated carbocycles. The molecule has 0 amide bonds. The predicted octanol–water partition coefficient (Wildman–Crippen LogP) is 12.9. The summed E-state index contributed by atoms with van der Waals surface area (Å²) in [5.41, 5.74) is 10.1. The lowest BCUT2D eigenvalue weighted by Gasteiger charge is -2.10. The minimum absolute atomic E-state index is 0.550. The summed E-state index contributed by atoms with van der Waals surface area (Å²) < 4.78 is 9.01.